The molecule has 0 saturated heterocycles. The first-order chi connectivity index (χ1) is 6.45. The summed E-state index contributed by atoms with van der Waals surface area (Å²) in [4.78, 5) is 0. The zero-order chi connectivity index (χ0) is 10.8. The van der Waals surface area contributed by atoms with Crippen LogP contribution in [0, 0.1) is 0 Å². The van der Waals surface area contributed by atoms with Gasteiger partial charge in [0.1, 0.15) is 11.9 Å². The summed E-state index contributed by atoms with van der Waals surface area (Å²) < 4.78 is 40.6. The molecule has 0 fully saturated rings. The molecule has 1 aromatic heterocycles. The zero-order valence-corrected chi connectivity index (χ0v) is 7.43. The van der Waals surface area contributed by atoms with Crippen LogP contribution in [-0.4, -0.2) is 18.7 Å². The second-order valence-corrected chi connectivity index (χ2v) is 2.77. The molecule has 1 atom stereocenters. The van der Waals surface area contributed by atoms with E-state index in [4.69, 9.17) is 0 Å². The maximum atomic E-state index is 12.1. The first-order valence-electron chi connectivity index (χ1n) is 3.94. The molecule has 0 aromatic carbocycles. The second-order valence-electron chi connectivity index (χ2n) is 2.77. The minimum atomic E-state index is -4.50. The highest BCUT2D eigenvalue weighted by Crippen LogP contribution is 2.31. The number of furan rings is 1. The van der Waals surface area contributed by atoms with Gasteiger partial charge in [-0.25, -0.2) is 0 Å². The fraction of sp³-hybridized carbons (Fsp3) is 0.500. The molecule has 1 heterocycles. The number of hydrogen-bond donors (Lipinski definition) is 2. The Morgan fingerprint density at radius 2 is 2.14 bits per heavy atom. The van der Waals surface area contributed by atoms with Gasteiger partial charge in [0.15, 0.2) is 0 Å². The van der Waals surface area contributed by atoms with Gasteiger partial charge in [-0.05, 0) is 19.2 Å². The van der Waals surface area contributed by atoms with E-state index in [1.165, 1.54) is 0 Å². The highest BCUT2D eigenvalue weighted by Gasteiger charge is 2.35. The summed E-state index contributed by atoms with van der Waals surface area (Å²) in [6.07, 6.45) is -5.56. The predicted molar refractivity (Wildman–Crippen MR) is 42.6 cm³/mol. The monoisotopic (exact) mass is 209 g/mol. The molecular weight excluding hydrogens is 199 g/mol. The molecule has 3 nitrogen and oxygen atoms in total. The maximum Gasteiger partial charge on any atom is 0.449 e. The van der Waals surface area contributed by atoms with Crippen LogP contribution in [0.3, 0.4) is 0 Å². The number of aliphatic hydroxyl groups is 1. The average molecular weight is 209 g/mol. The highest BCUT2D eigenvalue weighted by molar-refractivity contribution is 5.11. The molecule has 0 aliphatic rings. The lowest BCUT2D eigenvalue weighted by Crippen LogP contribution is -2.16. The molecule has 0 amide bonds. The summed E-state index contributed by atoms with van der Waals surface area (Å²) in [7, 11) is 1.58. The minimum absolute atomic E-state index is 0.0910. The van der Waals surface area contributed by atoms with Crippen LogP contribution in [-0.2, 0) is 6.18 Å². The fourth-order valence-corrected chi connectivity index (χ4v) is 0.978. The standard InChI is InChI=1S/C8H10F3NO2/c1-12-4-5(13)6-2-3-7(14-6)8(9,10)11/h2-3,5,12-13H,4H2,1H3. The highest BCUT2D eigenvalue weighted by atomic mass is 19.4. The van der Waals surface area contributed by atoms with E-state index in [-0.39, 0.29) is 12.3 Å². The second kappa shape index (κ2) is 4.02. The van der Waals surface area contributed by atoms with E-state index in [1.807, 2.05) is 0 Å². The van der Waals surface area contributed by atoms with E-state index in [0.717, 1.165) is 12.1 Å². The van der Waals surface area contributed by atoms with Crippen molar-refractivity contribution in [3.8, 4) is 0 Å². The lowest BCUT2D eigenvalue weighted by molar-refractivity contribution is -0.154. The van der Waals surface area contributed by atoms with E-state index in [2.05, 4.69) is 9.73 Å². The number of hydrogen-bond acceptors (Lipinski definition) is 3. The Balaban J connectivity index is 2.78. The van der Waals surface area contributed by atoms with Crippen molar-refractivity contribution in [3.63, 3.8) is 0 Å². The van der Waals surface area contributed by atoms with Crippen molar-refractivity contribution < 1.29 is 22.7 Å². The third-order valence-corrected chi connectivity index (χ3v) is 1.63. The van der Waals surface area contributed by atoms with Crippen molar-refractivity contribution in [2.75, 3.05) is 13.6 Å². The topological polar surface area (TPSA) is 45.4 Å². The molecule has 0 spiro atoms. The van der Waals surface area contributed by atoms with Crippen LogP contribution in [0.25, 0.3) is 0 Å². The maximum absolute atomic E-state index is 12.1. The predicted octanol–water partition coefficient (Wildman–Crippen LogP) is 1.55. The van der Waals surface area contributed by atoms with Crippen molar-refractivity contribution in [1.82, 2.24) is 5.32 Å². The van der Waals surface area contributed by atoms with Crippen LogP contribution in [0.4, 0.5) is 13.2 Å². The molecule has 0 aliphatic heterocycles. The van der Waals surface area contributed by atoms with Gasteiger partial charge in [0.2, 0.25) is 5.76 Å². The largest absolute Gasteiger partial charge is 0.454 e. The van der Waals surface area contributed by atoms with Gasteiger partial charge >= 0.3 is 6.18 Å². The molecule has 0 saturated carbocycles. The van der Waals surface area contributed by atoms with Crippen LogP contribution in [0.2, 0.25) is 0 Å². The van der Waals surface area contributed by atoms with Crippen molar-refractivity contribution >= 4 is 0 Å². The normalized spacial score (nSPS) is 14.4. The van der Waals surface area contributed by atoms with Gasteiger partial charge < -0.3 is 14.8 Å². The van der Waals surface area contributed by atoms with Gasteiger partial charge in [-0.1, -0.05) is 0 Å². The minimum Gasteiger partial charge on any atom is -0.454 e. The van der Waals surface area contributed by atoms with Gasteiger partial charge in [-0.3, -0.25) is 0 Å². The molecule has 1 unspecified atom stereocenters. The van der Waals surface area contributed by atoms with E-state index < -0.39 is 18.0 Å². The van der Waals surface area contributed by atoms with Crippen molar-refractivity contribution in [2.45, 2.75) is 12.3 Å². The molecule has 14 heavy (non-hydrogen) atoms. The van der Waals surface area contributed by atoms with Crippen molar-refractivity contribution in [2.24, 2.45) is 0 Å². The molecular formula is C8H10F3NO2. The number of alkyl halides is 3. The molecule has 80 valence electrons. The van der Waals surface area contributed by atoms with Crippen LogP contribution in [0.15, 0.2) is 16.5 Å². The quantitative estimate of drug-likeness (QED) is 0.793. The summed E-state index contributed by atoms with van der Waals surface area (Å²) in [6.45, 7) is 0.144. The summed E-state index contributed by atoms with van der Waals surface area (Å²) in [5.74, 6) is -1.19. The fourth-order valence-electron chi connectivity index (χ4n) is 0.978. The van der Waals surface area contributed by atoms with Crippen molar-refractivity contribution in [3.05, 3.63) is 23.7 Å². The first-order valence-corrected chi connectivity index (χ1v) is 3.94. The molecule has 0 radical (unpaired) electrons. The number of nitrogens with one attached hydrogen (secondary N) is 1. The summed E-state index contributed by atoms with van der Waals surface area (Å²) >= 11 is 0. The Morgan fingerprint density at radius 1 is 1.50 bits per heavy atom. The first kappa shape index (κ1) is 11.1. The molecule has 6 heteroatoms. The SMILES string of the molecule is CNCC(O)c1ccc(C(F)(F)F)o1. The van der Waals surface area contributed by atoms with Crippen LogP contribution in [0.5, 0.6) is 0 Å². The molecule has 1 aromatic rings. The number of aliphatic hydroxyl groups excluding tert-OH is 1. The number of halogens is 3. The van der Waals surface area contributed by atoms with Gasteiger partial charge in [0.25, 0.3) is 0 Å². The molecule has 1 rings (SSSR count). The third kappa shape index (κ3) is 2.49. The number of likely N-dealkylation sites (N-methyl/N-ethyl adjacent to an activating group) is 1. The summed E-state index contributed by atoms with van der Waals surface area (Å²) in [5.41, 5.74) is 0. The van der Waals surface area contributed by atoms with Crippen LogP contribution < -0.4 is 5.32 Å². The molecule has 0 bridgehead atoms. The van der Waals surface area contributed by atoms with Crippen LogP contribution >= 0.6 is 0 Å². The Morgan fingerprint density at radius 3 is 2.57 bits per heavy atom. The zero-order valence-electron chi connectivity index (χ0n) is 7.43. The van der Waals surface area contributed by atoms with E-state index in [1.54, 1.807) is 7.05 Å². The van der Waals surface area contributed by atoms with E-state index >= 15 is 0 Å². The van der Waals surface area contributed by atoms with Crippen LogP contribution in [0.1, 0.15) is 17.6 Å². The average Bonchev–Trinajstić information content (AvgIpc) is 2.51. The Kier molecular flexibility index (Phi) is 3.17. The van der Waals surface area contributed by atoms with Gasteiger partial charge in [-0.15, -0.1) is 0 Å². The molecule has 0 aliphatic carbocycles. The Labute approximate surface area is 78.5 Å². The Hall–Kier alpha value is -1.01. The smallest absolute Gasteiger partial charge is 0.449 e. The van der Waals surface area contributed by atoms with Gasteiger partial charge in [0.05, 0.1) is 0 Å². The lowest BCUT2D eigenvalue weighted by atomic mass is 10.3. The van der Waals surface area contributed by atoms with E-state index in [9.17, 15) is 18.3 Å². The van der Waals surface area contributed by atoms with Gasteiger partial charge in [-0.2, -0.15) is 13.2 Å². The Bertz CT molecular complexity index is 295. The summed E-state index contributed by atoms with van der Waals surface area (Å²) in [5, 5.41) is 11.9. The van der Waals surface area contributed by atoms with Gasteiger partial charge in [0, 0.05) is 6.54 Å². The third-order valence-electron chi connectivity index (χ3n) is 1.63. The van der Waals surface area contributed by atoms with Crippen molar-refractivity contribution in [1.29, 1.82) is 0 Å². The molecule has 2 N–H and O–H groups in total. The van der Waals surface area contributed by atoms with E-state index in [0.29, 0.717) is 0 Å². The summed E-state index contributed by atoms with van der Waals surface area (Å²) in [6, 6.07) is 1.92. The number of rotatable bonds is 3. The lowest BCUT2D eigenvalue weighted by Gasteiger charge is -2.06.